The minimum absolute atomic E-state index is 0. The van der Waals surface area contributed by atoms with Crippen molar-refractivity contribution < 1.29 is 0 Å². The number of nitrogens with two attached hydrogens (primary N) is 1. The molecule has 3 N–H and O–H groups in total. The van der Waals surface area contributed by atoms with Crippen LogP contribution in [0.15, 0.2) is 16.9 Å². The number of aromatic amines is 1. The lowest BCUT2D eigenvalue weighted by Gasteiger charge is -1.94. The van der Waals surface area contributed by atoms with Crippen molar-refractivity contribution in [2.75, 3.05) is 0 Å². The van der Waals surface area contributed by atoms with Gasteiger partial charge in [0.05, 0.1) is 0 Å². The number of halogens is 2. The van der Waals surface area contributed by atoms with E-state index in [9.17, 15) is 4.79 Å². The van der Waals surface area contributed by atoms with E-state index in [1.54, 1.807) is 6.07 Å². The zero-order chi connectivity index (χ0) is 7.56. The summed E-state index contributed by atoms with van der Waals surface area (Å²) in [6.07, 6.45) is 0. The Hall–Kier alpha value is -0.510. The summed E-state index contributed by atoms with van der Waals surface area (Å²) < 4.78 is 0. The lowest BCUT2D eigenvalue weighted by atomic mass is 10.2. The van der Waals surface area contributed by atoms with Gasteiger partial charge in [0.25, 0.3) is 5.56 Å². The van der Waals surface area contributed by atoms with Gasteiger partial charge in [-0.05, 0) is 13.0 Å². The van der Waals surface area contributed by atoms with Crippen molar-refractivity contribution >= 4 is 24.8 Å². The number of aromatic nitrogens is 1. The van der Waals surface area contributed by atoms with Crippen LogP contribution in [0.3, 0.4) is 0 Å². The molecule has 0 aliphatic carbocycles. The summed E-state index contributed by atoms with van der Waals surface area (Å²) in [5.74, 6) is 0. The van der Waals surface area contributed by atoms with Crippen LogP contribution in [-0.4, -0.2) is 4.98 Å². The summed E-state index contributed by atoms with van der Waals surface area (Å²) >= 11 is 0. The lowest BCUT2D eigenvalue weighted by Crippen LogP contribution is -2.15. The molecular formula is C7H12Cl2N2O. The van der Waals surface area contributed by atoms with Crippen molar-refractivity contribution in [1.29, 1.82) is 0 Å². The van der Waals surface area contributed by atoms with Crippen molar-refractivity contribution in [3.8, 4) is 0 Å². The topological polar surface area (TPSA) is 58.9 Å². The molecule has 0 amide bonds. The number of rotatable bonds is 1. The standard InChI is InChI=1S/C7H10N2O.2ClH/c1-5-2-3-6(4-8)7(10)9-5;;/h2-3H,4,8H2,1H3,(H,9,10);2*1H. The van der Waals surface area contributed by atoms with Crippen molar-refractivity contribution in [1.82, 2.24) is 4.98 Å². The molecular weight excluding hydrogens is 199 g/mol. The molecule has 0 saturated heterocycles. The summed E-state index contributed by atoms with van der Waals surface area (Å²) in [5, 5.41) is 0. The van der Waals surface area contributed by atoms with Gasteiger partial charge in [0, 0.05) is 17.8 Å². The van der Waals surface area contributed by atoms with Gasteiger partial charge in [0.15, 0.2) is 0 Å². The van der Waals surface area contributed by atoms with Crippen molar-refractivity contribution in [2.45, 2.75) is 13.5 Å². The molecule has 12 heavy (non-hydrogen) atoms. The van der Waals surface area contributed by atoms with Gasteiger partial charge in [-0.1, -0.05) is 6.07 Å². The normalized spacial score (nSPS) is 8.17. The molecule has 0 aromatic carbocycles. The fourth-order valence-corrected chi connectivity index (χ4v) is 0.763. The van der Waals surface area contributed by atoms with E-state index in [1.165, 1.54) is 0 Å². The number of pyridine rings is 1. The highest BCUT2D eigenvalue weighted by Gasteiger charge is 1.93. The van der Waals surface area contributed by atoms with E-state index in [-0.39, 0.29) is 30.4 Å². The van der Waals surface area contributed by atoms with E-state index < -0.39 is 0 Å². The highest BCUT2D eigenvalue weighted by Crippen LogP contribution is 1.90. The van der Waals surface area contributed by atoms with E-state index in [0.717, 1.165) is 5.69 Å². The first-order valence-corrected chi connectivity index (χ1v) is 3.13. The van der Waals surface area contributed by atoms with Crippen LogP contribution in [0.5, 0.6) is 0 Å². The maximum absolute atomic E-state index is 10.9. The Kier molecular flexibility index (Phi) is 7.09. The van der Waals surface area contributed by atoms with Gasteiger partial charge in [0.2, 0.25) is 0 Å². The van der Waals surface area contributed by atoms with Crippen LogP contribution in [0.4, 0.5) is 0 Å². The molecule has 0 aliphatic heterocycles. The molecule has 0 aliphatic rings. The third-order valence-electron chi connectivity index (χ3n) is 1.36. The smallest absolute Gasteiger partial charge is 0.252 e. The number of nitrogens with one attached hydrogen (secondary N) is 1. The number of H-pyrrole nitrogens is 1. The Labute approximate surface area is 83.2 Å². The fourth-order valence-electron chi connectivity index (χ4n) is 0.763. The molecule has 0 bridgehead atoms. The molecule has 1 aromatic rings. The van der Waals surface area contributed by atoms with E-state index >= 15 is 0 Å². The quantitative estimate of drug-likeness (QED) is 0.727. The minimum atomic E-state index is -0.0810. The zero-order valence-electron chi connectivity index (χ0n) is 6.66. The predicted octanol–water partition coefficient (Wildman–Crippen LogP) is 0.986. The first kappa shape index (κ1) is 14.0. The highest BCUT2D eigenvalue weighted by atomic mass is 35.5. The van der Waals surface area contributed by atoms with Gasteiger partial charge in [-0.3, -0.25) is 4.79 Å². The number of hydrogen-bond acceptors (Lipinski definition) is 2. The van der Waals surface area contributed by atoms with Crippen LogP contribution in [0.25, 0.3) is 0 Å². The molecule has 1 aromatic heterocycles. The predicted molar refractivity (Wildman–Crippen MR) is 54.2 cm³/mol. The Morgan fingerprint density at radius 2 is 2.00 bits per heavy atom. The number of hydrogen-bond donors (Lipinski definition) is 2. The van der Waals surface area contributed by atoms with E-state index in [1.807, 2.05) is 13.0 Å². The van der Waals surface area contributed by atoms with Crippen LogP contribution in [0.2, 0.25) is 0 Å². The Bertz CT molecular complexity index is 285. The Balaban J connectivity index is 0. The number of aryl methyl sites for hydroxylation is 1. The first-order chi connectivity index (χ1) is 4.74. The molecule has 0 unspecified atom stereocenters. The molecule has 3 nitrogen and oxygen atoms in total. The van der Waals surface area contributed by atoms with Crippen LogP contribution in [0, 0.1) is 6.92 Å². The molecule has 70 valence electrons. The summed E-state index contributed by atoms with van der Waals surface area (Å²) in [5.41, 5.74) is 6.69. The van der Waals surface area contributed by atoms with Gasteiger partial charge < -0.3 is 10.7 Å². The third kappa shape index (κ3) is 3.26. The van der Waals surface area contributed by atoms with Crippen LogP contribution < -0.4 is 11.3 Å². The molecule has 1 heterocycles. The monoisotopic (exact) mass is 210 g/mol. The molecule has 5 heteroatoms. The van der Waals surface area contributed by atoms with Gasteiger partial charge >= 0.3 is 0 Å². The SMILES string of the molecule is Cc1ccc(CN)c(=O)[nH]1.Cl.Cl. The second-order valence-corrected chi connectivity index (χ2v) is 2.20. The van der Waals surface area contributed by atoms with Gasteiger partial charge in [-0.15, -0.1) is 24.8 Å². The molecule has 1 rings (SSSR count). The van der Waals surface area contributed by atoms with Crippen LogP contribution >= 0.6 is 24.8 Å². The van der Waals surface area contributed by atoms with E-state index in [4.69, 9.17) is 5.73 Å². The summed E-state index contributed by atoms with van der Waals surface area (Å²) in [6.45, 7) is 2.14. The first-order valence-electron chi connectivity index (χ1n) is 3.13. The zero-order valence-corrected chi connectivity index (χ0v) is 8.30. The van der Waals surface area contributed by atoms with E-state index in [0.29, 0.717) is 12.1 Å². The Morgan fingerprint density at radius 1 is 1.42 bits per heavy atom. The second-order valence-electron chi connectivity index (χ2n) is 2.20. The minimum Gasteiger partial charge on any atom is -0.326 e. The fraction of sp³-hybridized carbons (Fsp3) is 0.286. The maximum atomic E-state index is 10.9. The van der Waals surface area contributed by atoms with E-state index in [2.05, 4.69) is 4.98 Å². The second kappa shape index (κ2) is 6.06. The van der Waals surface area contributed by atoms with Crippen molar-refractivity contribution in [3.63, 3.8) is 0 Å². The molecule has 0 spiro atoms. The molecule has 0 fully saturated rings. The van der Waals surface area contributed by atoms with Crippen LogP contribution in [-0.2, 0) is 6.54 Å². The maximum Gasteiger partial charge on any atom is 0.252 e. The molecule has 0 radical (unpaired) electrons. The highest BCUT2D eigenvalue weighted by molar-refractivity contribution is 5.85. The summed E-state index contributed by atoms with van der Waals surface area (Å²) in [6, 6.07) is 3.58. The van der Waals surface area contributed by atoms with Crippen molar-refractivity contribution in [2.24, 2.45) is 5.73 Å². The van der Waals surface area contributed by atoms with Gasteiger partial charge in [-0.25, -0.2) is 0 Å². The summed E-state index contributed by atoms with van der Waals surface area (Å²) in [7, 11) is 0. The average Bonchev–Trinajstić information content (AvgIpc) is 1.88. The third-order valence-corrected chi connectivity index (χ3v) is 1.36. The van der Waals surface area contributed by atoms with Gasteiger partial charge in [-0.2, -0.15) is 0 Å². The largest absolute Gasteiger partial charge is 0.326 e. The summed E-state index contributed by atoms with van der Waals surface area (Å²) in [4.78, 5) is 13.6. The van der Waals surface area contributed by atoms with Gasteiger partial charge in [0.1, 0.15) is 0 Å². The average molecular weight is 211 g/mol. The lowest BCUT2D eigenvalue weighted by molar-refractivity contribution is 0.997. The Morgan fingerprint density at radius 3 is 2.42 bits per heavy atom. The molecule has 0 atom stereocenters. The molecule has 0 saturated carbocycles. The van der Waals surface area contributed by atoms with Crippen molar-refractivity contribution in [3.05, 3.63) is 33.7 Å². The van der Waals surface area contributed by atoms with Crippen LogP contribution in [0.1, 0.15) is 11.3 Å².